The Balaban J connectivity index is 2.28. The molecule has 1 atom stereocenters. The Labute approximate surface area is 117 Å². The summed E-state index contributed by atoms with van der Waals surface area (Å²) in [5.41, 5.74) is 6.19. The molecule has 2 rings (SSSR count). The predicted molar refractivity (Wildman–Crippen MR) is 72.0 cm³/mol. The lowest BCUT2D eigenvalue weighted by molar-refractivity contribution is 0.614. The third kappa shape index (κ3) is 3.00. The Hall–Kier alpha value is -2.26. The summed E-state index contributed by atoms with van der Waals surface area (Å²) in [5, 5.41) is 8.64. The van der Waals surface area contributed by atoms with Crippen molar-refractivity contribution in [1.29, 1.82) is 5.26 Å². The molecule has 1 unspecified atom stereocenters. The van der Waals surface area contributed by atoms with Crippen LogP contribution in [0, 0.1) is 23.0 Å². The second kappa shape index (κ2) is 5.80. The van der Waals surface area contributed by atoms with Crippen LogP contribution in [0.2, 0.25) is 0 Å². The van der Waals surface area contributed by atoms with Crippen molar-refractivity contribution in [3.63, 3.8) is 0 Å². The van der Waals surface area contributed by atoms with E-state index in [-0.39, 0.29) is 27.5 Å². The molecule has 0 radical (unpaired) electrons. The van der Waals surface area contributed by atoms with Crippen LogP contribution in [0.1, 0.15) is 11.1 Å². The van der Waals surface area contributed by atoms with Crippen LogP contribution in [0.15, 0.2) is 41.3 Å². The molecule has 0 aliphatic rings. The Bertz CT molecular complexity index is 726. The first-order chi connectivity index (χ1) is 9.51. The predicted octanol–water partition coefficient (Wildman–Crippen LogP) is 2.73. The fourth-order valence-corrected chi connectivity index (χ4v) is 2.91. The van der Waals surface area contributed by atoms with Gasteiger partial charge in [-0.05, 0) is 30.3 Å². The quantitative estimate of drug-likeness (QED) is 0.884. The zero-order valence-corrected chi connectivity index (χ0v) is 11.1. The van der Waals surface area contributed by atoms with Crippen molar-refractivity contribution >= 4 is 16.5 Å². The van der Waals surface area contributed by atoms with Crippen LogP contribution in [0.3, 0.4) is 0 Å². The molecule has 6 heteroatoms. The molecular weight excluding hydrogens is 282 g/mol. The van der Waals surface area contributed by atoms with Gasteiger partial charge >= 0.3 is 0 Å². The van der Waals surface area contributed by atoms with E-state index in [0.717, 1.165) is 12.1 Å². The summed E-state index contributed by atoms with van der Waals surface area (Å²) >= 11 is 0. The molecule has 2 aromatic rings. The lowest BCUT2D eigenvalue weighted by atomic mass is 10.1. The van der Waals surface area contributed by atoms with E-state index < -0.39 is 22.4 Å². The second-order valence-corrected chi connectivity index (χ2v) is 5.51. The van der Waals surface area contributed by atoms with Gasteiger partial charge in [-0.1, -0.05) is 6.07 Å². The maximum Gasteiger partial charge on any atom is 0.128 e. The zero-order valence-electron chi connectivity index (χ0n) is 10.3. The number of benzene rings is 2. The monoisotopic (exact) mass is 292 g/mol. The normalized spacial score (nSPS) is 11.8. The maximum absolute atomic E-state index is 13.7. The highest BCUT2D eigenvalue weighted by atomic mass is 32.2. The summed E-state index contributed by atoms with van der Waals surface area (Å²) in [6.07, 6.45) is 0. The van der Waals surface area contributed by atoms with Gasteiger partial charge in [0.1, 0.15) is 11.6 Å². The van der Waals surface area contributed by atoms with Crippen LogP contribution in [0.25, 0.3) is 0 Å². The number of hydrogen-bond donors (Lipinski definition) is 1. The Morgan fingerprint density at radius 2 is 1.95 bits per heavy atom. The molecule has 20 heavy (non-hydrogen) atoms. The van der Waals surface area contributed by atoms with Crippen molar-refractivity contribution in [3.05, 3.63) is 59.2 Å². The number of rotatable bonds is 3. The van der Waals surface area contributed by atoms with Gasteiger partial charge < -0.3 is 5.73 Å². The van der Waals surface area contributed by atoms with Crippen molar-refractivity contribution in [2.75, 3.05) is 5.73 Å². The lowest BCUT2D eigenvalue weighted by Crippen LogP contribution is -2.03. The molecule has 0 heterocycles. The van der Waals surface area contributed by atoms with Crippen LogP contribution in [0.4, 0.5) is 14.5 Å². The molecule has 0 aliphatic carbocycles. The van der Waals surface area contributed by atoms with E-state index in [9.17, 15) is 13.0 Å². The molecule has 0 amide bonds. The highest BCUT2D eigenvalue weighted by Crippen LogP contribution is 2.21. The van der Waals surface area contributed by atoms with Gasteiger partial charge in [-0.2, -0.15) is 5.26 Å². The van der Waals surface area contributed by atoms with E-state index in [1.165, 1.54) is 24.3 Å². The van der Waals surface area contributed by atoms with Crippen LogP contribution >= 0.6 is 0 Å². The van der Waals surface area contributed by atoms with Crippen LogP contribution in [0.5, 0.6) is 0 Å². The van der Waals surface area contributed by atoms with Gasteiger partial charge in [-0.3, -0.25) is 4.21 Å². The highest BCUT2D eigenvalue weighted by Gasteiger charge is 2.13. The van der Waals surface area contributed by atoms with Gasteiger partial charge in [-0.15, -0.1) is 0 Å². The summed E-state index contributed by atoms with van der Waals surface area (Å²) in [7, 11) is -1.66. The average Bonchev–Trinajstić information content (AvgIpc) is 2.43. The Morgan fingerprint density at radius 1 is 1.20 bits per heavy atom. The average molecular weight is 292 g/mol. The van der Waals surface area contributed by atoms with Crippen molar-refractivity contribution in [3.8, 4) is 6.07 Å². The first kappa shape index (κ1) is 14.2. The SMILES string of the molecule is N#Cc1ccc(CS(=O)c2cc(F)ccc2N)c(F)c1. The molecule has 0 spiro atoms. The number of nitrogens with two attached hydrogens (primary N) is 1. The minimum Gasteiger partial charge on any atom is -0.398 e. The van der Waals surface area contributed by atoms with Crippen molar-refractivity contribution in [2.24, 2.45) is 0 Å². The largest absolute Gasteiger partial charge is 0.398 e. The van der Waals surface area contributed by atoms with E-state index >= 15 is 0 Å². The molecule has 0 saturated carbocycles. The van der Waals surface area contributed by atoms with E-state index in [1.54, 1.807) is 0 Å². The third-order valence-corrected chi connectivity index (χ3v) is 4.11. The number of nitrogens with zero attached hydrogens (tertiary/aromatic N) is 1. The van der Waals surface area contributed by atoms with Crippen LogP contribution < -0.4 is 5.73 Å². The Kier molecular flexibility index (Phi) is 4.11. The fourth-order valence-electron chi connectivity index (χ4n) is 1.66. The fraction of sp³-hybridized carbons (Fsp3) is 0.0714. The molecule has 0 bridgehead atoms. The maximum atomic E-state index is 13.7. The minimum absolute atomic E-state index is 0.133. The molecule has 0 fully saturated rings. The highest BCUT2D eigenvalue weighted by molar-refractivity contribution is 7.84. The molecule has 2 N–H and O–H groups in total. The standard InChI is InChI=1S/C14H10F2N2OS/c15-11-3-4-13(18)14(6-11)20(19)8-10-2-1-9(7-17)5-12(10)16/h1-6H,8,18H2. The smallest absolute Gasteiger partial charge is 0.128 e. The third-order valence-electron chi connectivity index (χ3n) is 2.69. The van der Waals surface area contributed by atoms with Gasteiger partial charge in [0.15, 0.2) is 0 Å². The van der Waals surface area contributed by atoms with Crippen LogP contribution in [-0.2, 0) is 16.6 Å². The van der Waals surface area contributed by atoms with Gasteiger partial charge in [0.25, 0.3) is 0 Å². The minimum atomic E-state index is -1.66. The van der Waals surface area contributed by atoms with E-state index in [0.29, 0.717) is 0 Å². The first-order valence-corrected chi connectivity index (χ1v) is 6.95. The summed E-state index contributed by atoms with van der Waals surface area (Å²) in [4.78, 5) is 0.133. The number of anilines is 1. The summed E-state index contributed by atoms with van der Waals surface area (Å²) in [6, 6.07) is 9.27. The van der Waals surface area contributed by atoms with Gasteiger partial charge in [-0.25, -0.2) is 8.78 Å². The second-order valence-electron chi connectivity index (χ2n) is 4.09. The molecule has 102 valence electrons. The number of nitrogen functional groups attached to an aromatic ring is 1. The van der Waals surface area contributed by atoms with Crippen LogP contribution in [-0.4, -0.2) is 4.21 Å². The number of hydrogen-bond acceptors (Lipinski definition) is 3. The Morgan fingerprint density at radius 3 is 2.60 bits per heavy atom. The molecule has 0 saturated heterocycles. The zero-order chi connectivity index (χ0) is 14.7. The number of nitriles is 1. The summed E-state index contributed by atoms with van der Waals surface area (Å²) < 4.78 is 39.0. The van der Waals surface area contributed by atoms with Gasteiger partial charge in [0.2, 0.25) is 0 Å². The van der Waals surface area contributed by atoms with Gasteiger partial charge in [0.05, 0.1) is 33.1 Å². The topological polar surface area (TPSA) is 66.9 Å². The molecule has 3 nitrogen and oxygen atoms in total. The molecular formula is C14H10F2N2OS. The summed E-state index contributed by atoms with van der Waals surface area (Å²) in [5.74, 6) is -1.30. The summed E-state index contributed by atoms with van der Waals surface area (Å²) in [6.45, 7) is 0. The van der Waals surface area contributed by atoms with Crippen molar-refractivity contribution < 1.29 is 13.0 Å². The van der Waals surface area contributed by atoms with E-state index in [1.807, 2.05) is 6.07 Å². The molecule has 0 aromatic heterocycles. The first-order valence-electron chi connectivity index (χ1n) is 5.63. The van der Waals surface area contributed by atoms with Gasteiger partial charge in [0, 0.05) is 11.3 Å². The van der Waals surface area contributed by atoms with Crippen molar-refractivity contribution in [1.82, 2.24) is 0 Å². The molecule has 2 aromatic carbocycles. The lowest BCUT2D eigenvalue weighted by Gasteiger charge is -2.07. The van der Waals surface area contributed by atoms with E-state index in [2.05, 4.69) is 0 Å². The molecule has 0 aliphatic heterocycles. The van der Waals surface area contributed by atoms with E-state index in [4.69, 9.17) is 11.0 Å². The van der Waals surface area contributed by atoms with Crippen molar-refractivity contribution in [2.45, 2.75) is 10.6 Å². The number of halogens is 2.